The monoisotopic (exact) mass is 438 g/mol. The van der Waals surface area contributed by atoms with Crippen molar-refractivity contribution in [3.63, 3.8) is 0 Å². The minimum atomic E-state index is -0.608. The predicted molar refractivity (Wildman–Crippen MR) is 120 cm³/mol. The molecule has 1 aliphatic rings. The third kappa shape index (κ3) is 3.84. The lowest BCUT2D eigenvalue weighted by Crippen LogP contribution is -2.48. The molecule has 1 saturated heterocycles. The number of carbonyl (C=O) groups excluding carboxylic acids is 2. The molecular weight excluding hydrogens is 419 g/mol. The van der Waals surface area contributed by atoms with Gasteiger partial charge < -0.3 is 15.5 Å². The average Bonchev–Trinajstić information content (AvgIpc) is 2.78. The van der Waals surface area contributed by atoms with Crippen molar-refractivity contribution in [1.29, 1.82) is 0 Å². The van der Waals surface area contributed by atoms with E-state index in [1.54, 1.807) is 35.2 Å². The highest BCUT2D eigenvalue weighted by molar-refractivity contribution is 6.34. The Morgan fingerprint density at radius 1 is 1.13 bits per heavy atom. The number of primary amides is 1. The molecule has 0 saturated carbocycles. The van der Waals surface area contributed by atoms with Gasteiger partial charge in [0.05, 0.1) is 16.8 Å². The van der Waals surface area contributed by atoms with Gasteiger partial charge in [0.2, 0.25) is 5.91 Å². The zero-order chi connectivity index (χ0) is 22.1. The van der Waals surface area contributed by atoms with Crippen LogP contribution in [0.5, 0.6) is 0 Å². The highest BCUT2D eigenvalue weighted by atomic mass is 35.5. The molecule has 0 spiro atoms. The second-order valence-corrected chi connectivity index (χ2v) is 7.64. The Bertz CT molecular complexity index is 1210. The Kier molecular flexibility index (Phi) is 5.61. The Labute approximate surface area is 183 Å². The summed E-state index contributed by atoms with van der Waals surface area (Å²) in [6, 6.07) is 9.76. The summed E-state index contributed by atoms with van der Waals surface area (Å²) in [5.74, 6) is -1.13. The smallest absolute Gasteiger partial charge is 0.252 e. The molecule has 2 amide bonds. The molecular formula is C23H20ClFN4O2. The average molecular weight is 439 g/mol. The van der Waals surface area contributed by atoms with Gasteiger partial charge in [0.1, 0.15) is 5.82 Å². The summed E-state index contributed by atoms with van der Waals surface area (Å²) in [5.41, 5.74) is 7.95. The van der Waals surface area contributed by atoms with E-state index in [-0.39, 0.29) is 17.3 Å². The van der Waals surface area contributed by atoms with Crippen LogP contribution in [0.25, 0.3) is 22.0 Å². The summed E-state index contributed by atoms with van der Waals surface area (Å²) >= 11 is 6.54. The highest BCUT2D eigenvalue weighted by Gasteiger charge is 2.25. The van der Waals surface area contributed by atoms with Crippen LogP contribution in [0.1, 0.15) is 10.4 Å². The van der Waals surface area contributed by atoms with Gasteiger partial charge in [-0.15, -0.1) is 0 Å². The van der Waals surface area contributed by atoms with Crippen molar-refractivity contribution in [2.75, 3.05) is 31.1 Å². The normalized spacial score (nSPS) is 14.0. The van der Waals surface area contributed by atoms with Crippen LogP contribution in [0.15, 0.2) is 55.3 Å². The number of aromatic nitrogens is 1. The molecule has 158 valence electrons. The van der Waals surface area contributed by atoms with Gasteiger partial charge in [-0.05, 0) is 24.3 Å². The standard InChI is InChI=1S/C23H20ClFN4O2/c1-2-21(30)28-7-9-29(10-8-28)22-16-11-18(24)15(14-5-3-4-6-19(14)25)12-20(16)27-13-17(22)23(26)31/h2-6,11-13H,1,7-10H2,(H2,26,31). The van der Waals surface area contributed by atoms with Gasteiger partial charge in [-0.25, -0.2) is 4.39 Å². The Balaban J connectivity index is 1.82. The lowest BCUT2D eigenvalue weighted by Gasteiger charge is -2.36. The number of piperazine rings is 1. The maximum atomic E-state index is 14.3. The molecule has 0 bridgehead atoms. The fourth-order valence-electron chi connectivity index (χ4n) is 3.89. The molecule has 1 fully saturated rings. The van der Waals surface area contributed by atoms with E-state index in [0.717, 1.165) is 0 Å². The number of hydrogen-bond acceptors (Lipinski definition) is 4. The van der Waals surface area contributed by atoms with Crippen LogP contribution in [0, 0.1) is 5.82 Å². The number of hydrogen-bond donors (Lipinski definition) is 1. The van der Waals surface area contributed by atoms with E-state index in [2.05, 4.69) is 11.6 Å². The molecule has 0 radical (unpaired) electrons. The van der Waals surface area contributed by atoms with Crippen molar-refractivity contribution in [1.82, 2.24) is 9.88 Å². The van der Waals surface area contributed by atoms with Crippen molar-refractivity contribution in [2.45, 2.75) is 0 Å². The summed E-state index contributed by atoms with van der Waals surface area (Å²) in [5, 5.41) is 0.979. The fourth-order valence-corrected chi connectivity index (χ4v) is 4.15. The molecule has 3 aromatic rings. The van der Waals surface area contributed by atoms with Crippen molar-refractivity contribution in [3.8, 4) is 11.1 Å². The van der Waals surface area contributed by atoms with Gasteiger partial charge in [-0.3, -0.25) is 14.6 Å². The van der Waals surface area contributed by atoms with Crippen LogP contribution >= 0.6 is 11.6 Å². The third-order valence-electron chi connectivity index (χ3n) is 5.44. The number of rotatable bonds is 4. The first kappa shape index (κ1) is 20.8. The van der Waals surface area contributed by atoms with Crippen molar-refractivity contribution in [2.24, 2.45) is 5.73 Å². The van der Waals surface area contributed by atoms with Gasteiger partial charge in [0.15, 0.2) is 0 Å². The Hall–Kier alpha value is -3.45. The van der Waals surface area contributed by atoms with E-state index in [4.69, 9.17) is 17.3 Å². The zero-order valence-corrected chi connectivity index (χ0v) is 17.4. The van der Waals surface area contributed by atoms with Crippen LogP contribution in [0.3, 0.4) is 0 Å². The topological polar surface area (TPSA) is 79.5 Å². The molecule has 0 unspecified atom stereocenters. The zero-order valence-electron chi connectivity index (χ0n) is 16.6. The quantitative estimate of drug-likeness (QED) is 0.631. The summed E-state index contributed by atoms with van der Waals surface area (Å²) in [4.78, 5) is 32.1. The van der Waals surface area contributed by atoms with Gasteiger partial charge in [0, 0.05) is 53.9 Å². The largest absolute Gasteiger partial charge is 0.367 e. The van der Waals surface area contributed by atoms with Gasteiger partial charge in [-0.2, -0.15) is 0 Å². The van der Waals surface area contributed by atoms with Gasteiger partial charge in [0.25, 0.3) is 5.91 Å². The molecule has 8 heteroatoms. The van der Waals surface area contributed by atoms with E-state index in [9.17, 15) is 14.0 Å². The predicted octanol–water partition coefficient (Wildman–Crippen LogP) is 3.63. The van der Waals surface area contributed by atoms with E-state index >= 15 is 0 Å². The number of benzene rings is 2. The number of fused-ring (bicyclic) bond motifs is 1. The minimum Gasteiger partial charge on any atom is -0.367 e. The van der Waals surface area contributed by atoms with Crippen LogP contribution in [-0.2, 0) is 4.79 Å². The van der Waals surface area contributed by atoms with Crippen LogP contribution in [0.2, 0.25) is 5.02 Å². The maximum absolute atomic E-state index is 14.3. The van der Waals surface area contributed by atoms with E-state index in [1.807, 2.05) is 4.90 Å². The number of carbonyl (C=O) groups is 2. The summed E-state index contributed by atoms with van der Waals surface area (Å²) in [6.45, 7) is 5.50. The molecule has 1 aliphatic heterocycles. The first-order chi connectivity index (χ1) is 14.9. The molecule has 31 heavy (non-hydrogen) atoms. The minimum absolute atomic E-state index is 0.132. The lowest BCUT2D eigenvalue weighted by atomic mass is 10.00. The summed E-state index contributed by atoms with van der Waals surface area (Å²) in [7, 11) is 0. The first-order valence-corrected chi connectivity index (χ1v) is 10.1. The van der Waals surface area contributed by atoms with Gasteiger partial charge >= 0.3 is 0 Å². The number of pyridine rings is 1. The third-order valence-corrected chi connectivity index (χ3v) is 5.75. The molecule has 0 aliphatic carbocycles. The van der Waals surface area contributed by atoms with Crippen LogP contribution < -0.4 is 10.6 Å². The van der Waals surface area contributed by atoms with E-state index < -0.39 is 5.91 Å². The fraction of sp³-hybridized carbons (Fsp3) is 0.174. The number of nitrogens with zero attached hydrogens (tertiary/aromatic N) is 3. The SMILES string of the molecule is C=CC(=O)N1CCN(c2c(C(N)=O)cnc3cc(-c4ccccc4F)c(Cl)cc23)CC1. The molecule has 4 rings (SSSR count). The molecule has 2 N–H and O–H groups in total. The maximum Gasteiger partial charge on any atom is 0.252 e. The van der Waals surface area contributed by atoms with Crippen molar-refractivity contribution < 1.29 is 14.0 Å². The van der Waals surface area contributed by atoms with Gasteiger partial charge in [-0.1, -0.05) is 36.4 Å². The van der Waals surface area contributed by atoms with Crippen LogP contribution in [-0.4, -0.2) is 47.9 Å². The molecule has 1 aromatic heterocycles. The lowest BCUT2D eigenvalue weighted by molar-refractivity contribution is -0.126. The first-order valence-electron chi connectivity index (χ1n) is 9.74. The second kappa shape index (κ2) is 8.35. The molecule has 2 aromatic carbocycles. The summed E-state index contributed by atoms with van der Waals surface area (Å²) < 4.78 is 14.3. The van der Waals surface area contributed by atoms with Crippen molar-refractivity contribution in [3.05, 3.63) is 71.7 Å². The molecule has 0 atom stereocenters. The number of anilines is 1. The van der Waals surface area contributed by atoms with Crippen molar-refractivity contribution >= 4 is 40.0 Å². The van der Waals surface area contributed by atoms with E-state index in [1.165, 1.54) is 18.3 Å². The Morgan fingerprint density at radius 3 is 2.48 bits per heavy atom. The van der Waals surface area contributed by atoms with E-state index in [0.29, 0.717) is 58.9 Å². The van der Waals surface area contributed by atoms with Crippen LogP contribution in [0.4, 0.5) is 10.1 Å². The summed E-state index contributed by atoms with van der Waals surface area (Å²) in [6.07, 6.45) is 2.72. The highest BCUT2D eigenvalue weighted by Crippen LogP contribution is 2.38. The Morgan fingerprint density at radius 2 is 1.84 bits per heavy atom. The number of nitrogens with two attached hydrogens (primary N) is 1. The molecule has 6 nitrogen and oxygen atoms in total. The number of halogens is 2. The molecule has 2 heterocycles. The second-order valence-electron chi connectivity index (χ2n) is 7.23. The number of amides is 2.